The van der Waals surface area contributed by atoms with E-state index in [2.05, 4.69) is 24.1 Å². The van der Waals surface area contributed by atoms with Gasteiger partial charge in [0.15, 0.2) is 0 Å². The van der Waals surface area contributed by atoms with Crippen LogP contribution in [0.1, 0.15) is 20.3 Å². The van der Waals surface area contributed by atoms with Gasteiger partial charge in [-0.3, -0.25) is 9.69 Å². The summed E-state index contributed by atoms with van der Waals surface area (Å²) >= 11 is 11.9. The first-order chi connectivity index (χ1) is 9.44. The van der Waals surface area contributed by atoms with Crippen molar-refractivity contribution in [1.29, 1.82) is 0 Å². The van der Waals surface area contributed by atoms with Gasteiger partial charge in [0, 0.05) is 18.1 Å². The Balaban J connectivity index is 1.92. The molecule has 1 amide bonds. The molecule has 110 valence electrons. The van der Waals surface area contributed by atoms with Crippen molar-refractivity contribution in [3.8, 4) is 0 Å². The van der Waals surface area contributed by atoms with Crippen molar-refractivity contribution in [3.05, 3.63) is 28.2 Å². The van der Waals surface area contributed by atoms with Crippen molar-refractivity contribution in [2.45, 2.75) is 20.3 Å². The largest absolute Gasteiger partial charge is 0.324 e. The third-order valence-corrected chi connectivity index (χ3v) is 4.06. The van der Waals surface area contributed by atoms with Crippen LogP contribution in [0, 0.1) is 11.8 Å². The van der Waals surface area contributed by atoms with E-state index < -0.39 is 0 Å². The van der Waals surface area contributed by atoms with Gasteiger partial charge < -0.3 is 5.32 Å². The fourth-order valence-electron chi connectivity index (χ4n) is 2.90. The first-order valence-corrected chi connectivity index (χ1v) is 7.67. The number of carbonyl (C=O) groups excluding carboxylic acids is 1. The summed E-state index contributed by atoms with van der Waals surface area (Å²) in [6, 6.07) is 5.07. The SMILES string of the molecule is C[C@H]1C[C@H](C)CN(CC(=O)Nc2ccc(Cl)cc2Cl)C1. The minimum atomic E-state index is -0.0319. The average Bonchev–Trinajstić information content (AvgIpc) is 2.31. The highest BCUT2D eigenvalue weighted by Crippen LogP contribution is 2.25. The summed E-state index contributed by atoms with van der Waals surface area (Å²) < 4.78 is 0. The third-order valence-electron chi connectivity index (χ3n) is 3.52. The van der Waals surface area contributed by atoms with Gasteiger partial charge in [-0.25, -0.2) is 0 Å². The molecule has 0 unspecified atom stereocenters. The van der Waals surface area contributed by atoms with Crippen molar-refractivity contribution in [2.24, 2.45) is 11.8 Å². The summed E-state index contributed by atoms with van der Waals surface area (Å²) in [6.45, 7) is 6.83. The average molecular weight is 315 g/mol. The normalized spacial score (nSPS) is 23.6. The van der Waals surface area contributed by atoms with E-state index in [0.29, 0.717) is 34.1 Å². The van der Waals surface area contributed by atoms with Crippen LogP contribution in [-0.4, -0.2) is 30.4 Å². The number of carbonyl (C=O) groups is 1. The smallest absolute Gasteiger partial charge is 0.238 e. The summed E-state index contributed by atoms with van der Waals surface area (Å²) in [5.74, 6) is 1.26. The molecule has 1 aromatic carbocycles. The summed E-state index contributed by atoms with van der Waals surface area (Å²) in [7, 11) is 0. The number of anilines is 1. The Morgan fingerprint density at radius 1 is 1.30 bits per heavy atom. The van der Waals surface area contributed by atoms with Gasteiger partial charge in [0.25, 0.3) is 0 Å². The second-order valence-electron chi connectivity index (χ2n) is 5.81. The standard InChI is InChI=1S/C15H20Cl2N2O/c1-10-5-11(2)8-19(7-10)9-15(20)18-14-4-3-12(16)6-13(14)17/h3-4,6,10-11H,5,7-9H2,1-2H3,(H,18,20)/t10-,11-/m0/s1. The molecule has 1 fully saturated rings. The van der Waals surface area contributed by atoms with Crippen LogP contribution in [0.25, 0.3) is 0 Å². The Morgan fingerprint density at radius 2 is 1.95 bits per heavy atom. The molecule has 0 aliphatic carbocycles. The highest BCUT2D eigenvalue weighted by molar-refractivity contribution is 6.36. The minimum absolute atomic E-state index is 0.0319. The molecule has 3 nitrogen and oxygen atoms in total. The van der Waals surface area contributed by atoms with E-state index in [0.717, 1.165) is 13.1 Å². The maximum atomic E-state index is 12.1. The Labute approximate surface area is 130 Å². The number of piperidine rings is 1. The molecule has 20 heavy (non-hydrogen) atoms. The molecule has 0 spiro atoms. The Bertz CT molecular complexity index is 483. The lowest BCUT2D eigenvalue weighted by Gasteiger charge is -2.34. The summed E-state index contributed by atoms with van der Waals surface area (Å²) in [4.78, 5) is 14.3. The van der Waals surface area contributed by atoms with E-state index in [1.807, 2.05) is 0 Å². The summed E-state index contributed by atoms with van der Waals surface area (Å²) in [6.07, 6.45) is 1.24. The molecule has 1 saturated heterocycles. The summed E-state index contributed by atoms with van der Waals surface area (Å²) in [5.41, 5.74) is 0.610. The molecular weight excluding hydrogens is 295 g/mol. The fraction of sp³-hybridized carbons (Fsp3) is 0.533. The van der Waals surface area contributed by atoms with E-state index in [4.69, 9.17) is 23.2 Å². The van der Waals surface area contributed by atoms with Crippen LogP contribution < -0.4 is 5.32 Å². The van der Waals surface area contributed by atoms with Crippen LogP contribution in [0.3, 0.4) is 0 Å². The zero-order chi connectivity index (χ0) is 14.7. The van der Waals surface area contributed by atoms with E-state index in [1.165, 1.54) is 6.42 Å². The number of nitrogens with one attached hydrogen (secondary N) is 1. The number of benzene rings is 1. The van der Waals surface area contributed by atoms with Gasteiger partial charge in [-0.2, -0.15) is 0 Å². The Kier molecular flexibility index (Phi) is 5.30. The first-order valence-electron chi connectivity index (χ1n) is 6.91. The predicted octanol–water partition coefficient (Wildman–Crippen LogP) is 3.91. The molecule has 1 N–H and O–H groups in total. The Morgan fingerprint density at radius 3 is 2.55 bits per heavy atom. The van der Waals surface area contributed by atoms with Crippen LogP contribution in [0.2, 0.25) is 10.0 Å². The van der Waals surface area contributed by atoms with Crippen LogP contribution in [-0.2, 0) is 4.79 Å². The number of halogens is 2. The molecule has 1 aliphatic heterocycles. The van der Waals surface area contributed by atoms with Crippen molar-refractivity contribution in [1.82, 2.24) is 4.90 Å². The first kappa shape index (κ1) is 15.6. The maximum Gasteiger partial charge on any atom is 0.238 e. The molecule has 0 bridgehead atoms. The van der Waals surface area contributed by atoms with E-state index in [9.17, 15) is 4.79 Å². The summed E-state index contributed by atoms with van der Waals surface area (Å²) in [5, 5.41) is 3.87. The predicted molar refractivity (Wildman–Crippen MR) is 84.5 cm³/mol. The zero-order valence-electron chi connectivity index (χ0n) is 11.8. The molecule has 1 aliphatic rings. The minimum Gasteiger partial charge on any atom is -0.324 e. The van der Waals surface area contributed by atoms with Gasteiger partial charge in [0.05, 0.1) is 17.3 Å². The van der Waals surface area contributed by atoms with Gasteiger partial charge in [0.1, 0.15) is 0 Å². The molecule has 2 rings (SSSR count). The number of likely N-dealkylation sites (tertiary alicyclic amines) is 1. The van der Waals surface area contributed by atoms with Gasteiger partial charge >= 0.3 is 0 Å². The molecular formula is C15H20Cl2N2O. The van der Waals surface area contributed by atoms with E-state index in [1.54, 1.807) is 18.2 Å². The van der Waals surface area contributed by atoms with E-state index >= 15 is 0 Å². The maximum absolute atomic E-state index is 12.1. The van der Waals surface area contributed by atoms with Crippen LogP contribution >= 0.6 is 23.2 Å². The van der Waals surface area contributed by atoms with Crippen LogP contribution in [0.15, 0.2) is 18.2 Å². The van der Waals surface area contributed by atoms with Gasteiger partial charge in [0.2, 0.25) is 5.91 Å². The van der Waals surface area contributed by atoms with Gasteiger partial charge in [-0.15, -0.1) is 0 Å². The lowest BCUT2D eigenvalue weighted by molar-refractivity contribution is -0.117. The van der Waals surface area contributed by atoms with Gasteiger partial charge in [-0.05, 0) is 36.5 Å². The molecule has 1 aromatic rings. The highest BCUT2D eigenvalue weighted by atomic mass is 35.5. The third kappa shape index (κ3) is 4.37. The van der Waals surface area contributed by atoms with Crippen molar-refractivity contribution >= 4 is 34.8 Å². The zero-order valence-corrected chi connectivity index (χ0v) is 13.3. The van der Waals surface area contributed by atoms with Crippen molar-refractivity contribution in [3.63, 3.8) is 0 Å². The number of hydrogen-bond acceptors (Lipinski definition) is 2. The molecule has 0 radical (unpaired) electrons. The highest BCUT2D eigenvalue weighted by Gasteiger charge is 2.23. The van der Waals surface area contributed by atoms with Crippen molar-refractivity contribution < 1.29 is 4.79 Å². The monoisotopic (exact) mass is 314 g/mol. The quantitative estimate of drug-likeness (QED) is 0.917. The van der Waals surface area contributed by atoms with Crippen molar-refractivity contribution in [2.75, 3.05) is 25.0 Å². The Hall–Kier alpha value is -0.770. The lowest BCUT2D eigenvalue weighted by atomic mass is 9.92. The lowest BCUT2D eigenvalue weighted by Crippen LogP contribution is -2.42. The second-order valence-corrected chi connectivity index (χ2v) is 6.66. The van der Waals surface area contributed by atoms with Crippen LogP contribution in [0.4, 0.5) is 5.69 Å². The number of hydrogen-bond donors (Lipinski definition) is 1. The number of rotatable bonds is 3. The topological polar surface area (TPSA) is 32.3 Å². The van der Waals surface area contributed by atoms with Crippen LogP contribution in [0.5, 0.6) is 0 Å². The molecule has 5 heteroatoms. The van der Waals surface area contributed by atoms with E-state index in [-0.39, 0.29) is 5.91 Å². The number of amides is 1. The second kappa shape index (κ2) is 6.79. The number of nitrogens with zero attached hydrogens (tertiary/aromatic N) is 1. The fourth-order valence-corrected chi connectivity index (χ4v) is 3.36. The molecule has 0 saturated carbocycles. The molecule has 2 atom stereocenters. The van der Waals surface area contributed by atoms with Gasteiger partial charge in [-0.1, -0.05) is 37.0 Å². The molecule has 0 aromatic heterocycles. The molecule has 1 heterocycles.